The van der Waals surface area contributed by atoms with Crippen molar-refractivity contribution in [1.29, 1.82) is 0 Å². The van der Waals surface area contributed by atoms with Crippen LogP contribution in [0.1, 0.15) is 28.8 Å². The number of piperidine rings is 1. The van der Waals surface area contributed by atoms with Crippen molar-refractivity contribution in [3.8, 4) is 0 Å². The summed E-state index contributed by atoms with van der Waals surface area (Å²) in [6.45, 7) is 0.772. The maximum Gasteiger partial charge on any atom is 0.253 e. The number of halogens is 1. The largest absolute Gasteiger partial charge is 0.348 e. The zero-order valence-corrected chi connectivity index (χ0v) is 20.6. The molecule has 0 aliphatic carbocycles. The third kappa shape index (κ3) is 6.08. The maximum atomic E-state index is 13.1. The Morgan fingerprint density at radius 3 is 2.37 bits per heavy atom. The smallest absolute Gasteiger partial charge is 0.253 e. The van der Waals surface area contributed by atoms with Crippen LogP contribution < -0.4 is 10.6 Å². The Balaban J connectivity index is 1.43. The van der Waals surface area contributed by atoms with E-state index in [1.165, 1.54) is 28.6 Å². The van der Waals surface area contributed by atoms with Crippen LogP contribution in [-0.2, 0) is 21.4 Å². The number of rotatable bonds is 7. The molecule has 1 fully saturated rings. The second-order valence-electron chi connectivity index (χ2n) is 8.36. The van der Waals surface area contributed by atoms with Gasteiger partial charge in [0.05, 0.1) is 22.1 Å². The van der Waals surface area contributed by atoms with Gasteiger partial charge in [-0.25, -0.2) is 8.42 Å². The molecule has 1 aliphatic rings. The lowest BCUT2D eigenvalue weighted by molar-refractivity contribution is -0.120. The SMILES string of the molecule is O=C(NCc1ccccc1)c1ccccc1NC(=O)C1CCCN(S(=O)(=O)c2ccc(Cl)cc2)C1. The van der Waals surface area contributed by atoms with E-state index in [1.54, 1.807) is 24.3 Å². The fourth-order valence-electron chi connectivity index (χ4n) is 4.03. The number of benzene rings is 3. The van der Waals surface area contributed by atoms with E-state index in [2.05, 4.69) is 10.6 Å². The molecule has 4 rings (SSSR count). The molecule has 9 heteroatoms. The summed E-state index contributed by atoms with van der Waals surface area (Å²) in [5, 5.41) is 6.16. The minimum absolute atomic E-state index is 0.0686. The third-order valence-corrected chi connectivity index (χ3v) is 8.06. The quantitative estimate of drug-likeness (QED) is 0.494. The average molecular weight is 512 g/mol. The van der Waals surface area contributed by atoms with E-state index in [0.717, 1.165) is 5.56 Å². The van der Waals surface area contributed by atoms with Gasteiger partial charge in [0.25, 0.3) is 5.91 Å². The molecule has 182 valence electrons. The summed E-state index contributed by atoms with van der Waals surface area (Å²) in [5.74, 6) is -1.16. The summed E-state index contributed by atoms with van der Waals surface area (Å²) in [6, 6.07) is 22.3. The average Bonchev–Trinajstić information content (AvgIpc) is 2.88. The number of nitrogens with one attached hydrogen (secondary N) is 2. The number of hydrogen-bond donors (Lipinski definition) is 2. The van der Waals surface area contributed by atoms with Crippen molar-refractivity contribution in [2.24, 2.45) is 5.92 Å². The van der Waals surface area contributed by atoms with Crippen molar-refractivity contribution in [1.82, 2.24) is 9.62 Å². The van der Waals surface area contributed by atoms with Crippen LogP contribution in [0.4, 0.5) is 5.69 Å². The summed E-state index contributed by atoms with van der Waals surface area (Å²) < 4.78 is 27.4. The van der Waals surface area contributed by atoms with E-state index < -0.39 is 15.9 Å². The van der Waals surface area contributed by atoms with E-state index >= 15 is 0 Å². The predicted molar refractivity (Wildman–Crippen MR) is 136 cm³/mol. The molecule has 0 saturated carbocycles. The predicted octanol–water partition coefficient (Wildman–Crippen LogP) is 4.31. The molecule has 1 atom stereocenters. The van der Waals surface area contributed by atoms with Crippen molar-refractivity contribution in [2.45, 2.75) is 24.3 Å². The first-order chi connectivity index (χ1) is 16.8. The molecular formula is C26H26ClN3O4S. The maximum absolute atomic E-state index is 13.1. The highest BCUT2D eigenvalue weighted by Gasteiger charge is 2.33. The third-order valence-electron chi connectivity index (χ3n) is 5.93. The number of hydrogen-bond acceptors (Lipinski definition) is 4. The van der Waals surface area contributed by atoms with E-state index in [0.29, 0.717) is 42.2 Å². The van der Waals surface area contributed by atoms with Crippen molar-refractivity contribution in [3.63, 3.8) is 0 Å². The van der Waals surface area contributed by atoms with Crippen LogP contribution in [0.5, 0.6) is 0 Å². The standard InChI is InChI=1S/C26H26ClN3O4S/c27-21-12-14-22(15-13-21)35(33,34)30-16-6-9-20(18-30)25(31)29-24-11-5-4-10-23(24)26(32)28-17-19-7-2-1-3-8-19/h1-5,7-8,10-15,20H,6,9,16-18H2,(H,28,32)(H,29,31). The molecule has 1 unspecified atom stereocenters. The van der Waals surface area contributed by atoms with Crippen LogP contribution in [0.25, 0.3) is 0 Å². The fraction of sp³-hybridized carbons (Fsp3) is 0.231. The molecule has 1 saturated heterocycles. The van der Waals surface area contributed by atoms with Gasteiger partial charge in [-0.05, 0) is 54.8 Å². The number of carbonyl (C=O) groups is 2. The molecule has 0 aromatic heterocycles. The number of nitrogens with zero attached hydrogens (tertiary/aromatic N) is 1. The van der Waals surface area contributed by atoms with Gasteiger partial charge in [0, 0.05) is 24.7 Å². The van der Waals surface area contributed by atoms with Gasteiger partial charge in [-0.3, -0.25) is 9.59 Å². The Labute approximate surface area is 210 Å². The molecule has 3 aromatic carbocycles. The molecule has 1 aliphatic heterocycles. The van der Waals surface area contributed by atoms with E-state index in [9.17, 15) is 18.0 Å². The lowest BCUT2D eigenvalue weighted by Gasteiger charge is -2.31. The summed E-state index contributed by atoms with van der Waals surface area (Å²) in [4.78, 5) is 26.0. The van der Waals surface area contributed by atoms with Gasteiger partial charge < -0.3 is 10.6 Å². The normalized spacial score (nSPS) is 16.4. The van der Waals surface area contributed by atoms with Gasteiger partial charge in [-0.15, -0.1) is 0 Å². The molecule has 0 bridgehead atoms. The van der Waals surface area contributed by atoms with Gasteiger partial charge >= 0.3 is 0 Å². The first kappa shape index (κ1) is 24.9. The minimum atomic E-state index is -3.74. The van der Waals surface area contributed by atoms with Crippen LogP contribution in [0.3, 0.4) is 0 Å². The van der Waals surface area contributed by atoms with Gasteiger partial charge in [0.1, 0.15) is 0 Å². The zero-order chi connectivity index (χ0) is 24.8. The van der Waals surface area contributed by atoms with Gasteiger partial charge in [-0.1, -0.05) is 54.1 Å². The number of carbonyl (C=O) groups excluding carboxylic acids is 2. The molecule has 0 radical (unpaired) electrons. The Bertz CT molecular complexity index is 1300. The summed E-state index contributed by atoms with van der Waals surface area (Å²) >= 11 is 5.89. The first-order valence-corrected chi connectivity index (χ1v) is 13.1. The number of anilines is 1. The van der Waals surface area contributed by atoms with Crippen LogP contribution in [0.15, 0.2) is 83.8 Å². The Morgan fingerprint density at radius 2 is 1.63 bits per heavy atom. The van der Waals surface area contributed by atoms with E-state index in [4.69, 9.17) is 11.6 Å². The lowest BCUT2D eigenvalue weighted by atomic mass is 9.98. The highest BCUT2D eigenvalue weighted by molar-refractivity contribution is 7.89. The Kier molecular flexibility index (Phi) is 7.85. The second-order valence-corrected chi connectivity index (χ2v) is 10.7. The highest BCUT2D eigenvalue weighted by Crippen LogP contribution is 2.26. The van der Waals surface area contributed by atoms with Gasteiger partial charge in [-0.2, -0.15) is 4.31 Å². The molecule has 0 spiro atoms. The van der Waals surface area contributed by atoms with E-state index in [1.807, 2.05) is 30.3 Å². The summed E-state index contributed by atoms with van der Waals surface area (Å²) in [6.07, 6.45) is 1.12. The van der Waals surface area contributed by atoms with E-state index in [-0.39, 0.29) is 23.3 Å². The minimum Gasteiger partial charge on any atom is -0.348 e. The molecule has 2 N–H and O–H groups in total. The molecule has 7 nitrogen and oxygen atoms in total. The Morgan fingerprint density at radius 1 is 0.943 bits per heavy atom. The molecule has 2 amide bonds. The van der Waals surface area contributed by atoms with Gasteiger partial charge in [0.15, 0.2) is 0 Å². The summed E-state index contributed by atoms with van der Waals surface area (Å²) in [5.41, 5.74) is 1.70. The number of amides is 2. The molecule has 35 heavy (non-hydrogen) atoms. The zero-order valence-electron chi connectivity index (χ0n) is 19.0. The Hall–Kier alpha value is -3.20. The topological polar surface area (TPSA) is 95.6 Å². The molecular weight excluding hydrogens is 486 g/mol. The molecule has 3 aromatic rings. The highest BCUT2D eigenvalue weighted by atomic mass is 35.5. The van der Waals surface area contributed by atoms with Crippen molar-refractivity contribution in [3.05, 3.63) is 95.0 Å². The van der Waals surface area contributed by atoms with Crippen molar-refractivity contribution in [2.75, 3.05) is 18.4 Å². The van der Waals surface area contributed by atoms with Crippen LogP contribution in [-0.4, -0.2) is 37.6 Å². The fourth-order valence-corrected chi connectivity index (χ4v) is 5.68. The lowest BCUT2D eigenvalue weighted by Crippen LogP contribution is -2.43. The second kappa shape index (κ2) is 11.0. The number of sulfonamides is 1. The first-order valence-electron chi connectivity index (χ1n) is 11.3. The van der Waals surface area contributed by atoms with Crippen LogP contribution in [0.2, 0.25) is 5.02 Å². The van der Waals surface area contributed by atoms with Crippen LogP contribution in [0, 0.1) is 5.92 Å². The van der Waals surface area contributed by atoms with Gasteiger partial charge in [0.2, 0.25) is 15.9 Å². The monoisotopic (exact) mass is 511 g/mol. The van der Waals surface area contributed by atoms with Crippen molar-refractivity contribution >= 4 is 39.1 Å². The van der Waals surface area contributed by atoms with Crippen molar-refractivity contribution < 1.29 is 18.0 Å². The van der Waals surface area contributed by atoms with Crippen LogP contribution >= 0.6 is 11.6 Å². The summed E-state index contributed by atoms with van der Waals surface area (Å²) in [7, 11) is -3.74. The molecule has 1 heterocycles. The number of para-hydroxylation sites is 1.